The SMILES string of the molecule is CCOc1ccc(N2C(=O)CC(Nc3c(C)cc(C)cc3C)C2=O)cc1. The molecule has 1 aliphatic heterocycles. The number of anilines is 2. The van der Waals surface area contributed by atoms with Crippen LogP contribution in [0.25, 0.3) is 0 Å². The average molecular weight is 352 g/mol. The highest BCUT2D eigenvalue weighted by molar-refractivity contribution is 6.23. The lowest BCUT2D eigenvalue weighted by molar-refractivity contribution is -0.121. The summed E-state index contributed by atoms with van der Waals surface area (Å²) in [6, 6.07) is 10.6. The van der Waals surface area contributed by atoms with E-state index < -0.39 is 6.04 Å². The van der Waals surface area contributed by atoms with Gasteiger partial charge in [-0.1, -0.05) is 17.7 Å². The number of hydrogen-bond donors (Lipinski definition) is 1. The van der Waals surface area contributed by atoms with Crippen molar-refractivity contribution in [2.45, 2.75) is 40.2 Å². The summed E-state index contributed by atoms with van der Waals surface area (Å²) < 4.78 is 5.41. The number of carbonyl (C=O) groups is 2. The molecule has 1 aliphatic rings. The number of carbonyl (C=O) groups excluding carboxylic acids is 2. The standard InChI is InChI=1S/C21H24N2O3/c1-5-26-17-8-6-16(7-9-17)23-19(24)12-18(21(23)25)22-20-14(3)10-13(2)11-15(20)4/h6-11,18,22H,5,12H2,1-4H3. The maximum absolute atomic E-state index is 12.8. The molecular weight excluding hydrogens is 328 g/mol. The zero-order chi connectivity index (χ0) is 18.8. The average Bonchev–Trinajstić information content (AvgIpc) is 2.86. The topological polar surface area (TPSA) is 58.6 Å². The van der Waals surface area contributed by atoms with Crippen molar-refractivity contribution in [3.05, 3.63) is 53.1 Å². The number of nitrogens with zero attached hydrogens (tertiary/aromatic N) is 1. The van der Waals surface area contributed by atoms with Crippen LogP contribution in [0.3, 0.4) is 0 Å². The van der Waals surface area contributed by atoms with E-state index >= 15 is 0 Å². The summed E-state index contributed by atoms with van der Waals surface area (Å²) in [4.78, 5) is 26.5. The summed E-state index contributed by atoms with van der Waals surface area (Å²) in [5.41, 5.74) is 4.82. The van der Waals surface area contributed by atoms with Gasteiger partial charge in [0.1, 0.15) is 11.8 Å². The molecule has 0 radical (unpaired) electrons. The molecule has 136 valence electrons. The van der Waals surface area contributed by atoms with E-state index in [1.807, 2.05) is 27.7 Å². The third kappa shape index (κ3) is 3.43. The van der Waals surface area contributed by atoms with E-state index in [4.69, 9.17) is 4.74 Å². The van der Waals surface area contributed by atoms with Crippen LogP contribution in [-0.4, -0.2) is 24.5 Å². The number of aryl methyl sites for hydroxylation is 3. The van der Waals surface area contributed by atoms with E-state index in [0.29, 0.717) is 12.3 Å². The molecular formula is C21H24N2O3. The molecule has 1 saturated heterocycles. The minimum atomic E-state index is -0.547. The lowest BCUT2D eigenvalue weighted by Gasteiger charge is -2.19. The second-order valence-electron chi connectivity index (χ2n) is 6.67. The van der Waals surface area contributed by atoms with Crippen molar-refractivity contribution in [2.75, 3.05) is 16.8 Å². The molecule has 5 nitrogen and oxygen atoms in total. The van der Waals surface area contributed by atoms with Crippen molar-refractivity contribution in [1.82, 2.24) is 0 Å². The molecule has 2 aromatic rings. The molecule has 2 amide bonds. The Morgan fingerprint density at radius 1 is 1.08 bits per heavy atom. The van der Waals surface area contributed by atoms with Gasteiger partial charge in [-0.05, 0) is 63.1 Å². The molecule has 0 aromatic heterocycles. The number of imide groups is 1. The normalized spacial score (nSPS) is 16.9. The first-order valence-corrected chi connectivity index (χ1v) is 8.84. The smallest absolute Gasteiger partial charge is 0.256 e. The zero-order valence-corrected chi connectivity index (χ0v) is 15.6. The van der Waals surface area contributed by atoms with Gasteiger partial charge >= 0.3 is 0 Å². The Kier molecular flexibility index (Phi) is 4.98. The predicted octanol–water partition coefficient (Wildman–Crippen LogP) is 3.75. The van der Waals surface area contributed by atoms with Crippen molar-refractivity contribution in [2.24, 2.45) is 0 Å². The molecule has 1 atom stereocenters. The molecule has 0 saturated carbocycles. The molecule has 1 fully saturated rings. The van der Waals surface area contributed by atoms with Crippen molar-refractivity contribution >= 4 is 23.2 Å². The lowest BCUT2D eigenvalue weighted by atomic mass is 10.0. The number of nitrogens with one attached hydrogen (secondary N) is 1. The van der Waals surface area contributed by atoms with Gasteiger partial charge in [0.2, 0.25) is 5.91 Å². The molecule has 1 N–H and O–H groups in total. The number of benzene rings is 2. The molecule has 3 rings (SSSR count). The number of ether oxygens (including phenoxy) is 1. The monoisotopic (exact) mass is 352 g/mol. The minimum Gasteiger partial charge on any atom is -0.494 e. The van der Waals surface area contributed by atoms with Gasteiger partial charge in [0.15, 0.2) is 0 Å². The fourth-order valence-corrected chi connectivity index (χ4v) is 3.46. The highest BCUT2D eigenvalue weighted by atomic mass is 16.5. The van der Waals surface area contributed by atoms with Crippen LogP contribution in [0.15, 0.2) is 36.4 Å². The summed E-state index contributed by atoms with van der Waals surface area (Å²) >= 11 is 0. The number of hydrogen-bond acceptors (Lipinski definition) is 4. The van der Waals surface area contributed by atoms with Crippen molar-refractivity contribution in [3.8, 4) is 5.75 Å². The van der Waals surface area contributed by atoms with Gasteiger partial charge in [-0.15, -0.1) is 0 Å². The molecule has 0 aliphatic carbocycles. The Labute approximate surface area is 154 Å². The van der Waals surface area contributed by atoms with Crippen molar-refractivity contribution < 1.29 is 14.3 Å². The van der Waals surface area contributed by atoms with Crippen molar-refractivity contribution in [1.29, 1.82) is 0 Å². The van der Waals surface area contributed by atoms with Crippen LogP contribution in [0, 0.1) is 20.8 Å². The summed E-state index contributed by atoms with van der Waals surface area (Å²) in [5, 5.41) is 3.28. The maximum atomic E-state index is 12.8. The van der Waals surface area contributed by atoms with E-state index in [2.05, 4.69) is 17.4 Å². The first-order chi connectivity index (χ1) is 12.4. The van der Waals surface area contributed by atoms with Crippen LogP contribution in [0.2, 0.25) is 0 Å². The predicted molar refractivity (Wildman–Crippen MR) is 103 cm³/mol. The Balaban J connectivity index is 1.81. The van der Waals surface area contributed by atoms with Gasteiger partial charge in [0, 0.05) is 5.69 Å². The van der Waals surface area contributed by atoms with E-state index in [0.717, 1.165) is 22.6 Å². The lowest BCUT2D eigenvalue weighted by Crippen LogP contribution is -2.35. The number of amides is 2. The summed E-state index contributed by atoms with van der Waals surface area (Å²) in [5.74, 6) is 0.300. The van der Waals surface area contributed by atoms with E-state index in [-0.39, 0.29) is 18.2 Å². The van der Waals surface area contributed by atoms with E-state index in [1.54, 1.807) is 24.3 Å². The summed E-state index contributed by atoms with van der Waals surface area (Å²) in [7, 11) is 0. The fourth-order valence-electron chi connectivity index (χ4n) is 3.46. The zero-order valence-electron chi connectivity index (χ0n) is 15.6. The molecule has 26 heavy (non-hydrogen) atoms. The van der Waals surface area contributed by atoms with E-state index in [1.165, 1.54) is 10.5 Å². The van der Waals surface area contributed by atoms with Crippen LogP contribution >= 0.6 is 0 Å². The molecule has 0 spiro atoms. The molecule has 1 unspecified atom stereocenters. The van der Waals surface area contributed by atoms with Gasteiger partial charge in [0.05, 0.1) is 18.7 Å². The highest BCUT2D eigenvalue weighted by Crippen LogP contribution is 2.29. The number of rotatable bonds is 5. The van der Waals surface area contributed by atoms with Crippen LogP contribution in [0.1, 0.15) is 30.0 Å². The van der Waals surface area contributed by atoms with Gasteiger partial charge in [0.25, 0.3) is 5.91 Å². The Bertz CT molecular complexity index is 820. The van der Waals surface area contributed by atoms with Crippen molar-refractivity contribution in [3.63, 3.8) is 0 Å². The molecule has 5 heteroatoms. The Hall–Kier alpha value is -2.82. The van der Waals surface area contributed by atoms with E-state index in [9.17, 15) is 9.59 Å². The highest BCUT2D eigenvalue weighted by Gasteiger charge is 2.39. The molecule has 1 heterocycles. The maximum Gasteiger partial charge on any atom is 0.256 e. The van der Waals surface area contributed by atoms with Gasteiger partial charge < -0.3 is 10.1 Å². The second kappa shape index (κ2) is 7.20. The van der Waals surface area contributed by atoms with Gasteiger partial charge in [-0.25, -0.2) is 4.90 Å². The molecule has 2 aromatic carbocycles. The van der Waals surface area contributed by atoms with Crippen LogP contribution in [0.4, 0.5) is 11.4 Å². The second-order valence-corrected chi connectivity index (χ2v) is 6.67. The third-order valence-corrected chi connectivity index (χ3v) is 4.55. The first-order valence-electron chi connectivity index (χ1n) is 8.84. The van der Waals surface area contributed by atoms with Crippen LogP contribution in [0.5, 0.6) is 5.75 Å². The van der Waals surface area contributed by atoms with Gasteiger partial charge in [-0.3, -0.25) is 9.59 Å². The summed E-state index contributed by atoms with van der Waals surface area (Å²) in [6.45, 7) is 8.54. The third-order valence-electron chi connectivity index (χ3n) is 4.55. The molecule has 0 bridgehead atoms. The Morgan fingerprint density at radius 2 is 1.69 bits per heavy atom. The minimum absolute atomic E-state index is 0.152. The largest absolute Gasteiger partial charge is 0.494 e. The van der Waals surface area contributed by atoms with Crippen LogP contribution in [-0.2, 0) is 9.59 Å². The fraction of sp³-hybridized carbons (Fsp3) is 0.333. The van der Waals surface area contributed by atoms with Crippen LogP contribution < -0.4 is 15.0 Å². The van der Waals surface area contributed by atoms with Gasteiger partial charge in [-0.2, -0.15) is 0 Å². The summed E-state index contributed by atoms with van der Waals surface area (Å²) in [6.07, 6.45) is 0.152. The first kappa shape index (κ1) is 18.0. The quantitative estimate of drug-likeness (QED) is 0.833. The Morgan fingerprint density at radius 3 is 2.27 bits per heavy atom.